The summed E-state index contributed by atoms with van der Waals surface area (Å²) >= 11 is 0. The van der Waals surface area contributed by atoms with E-state index in [0.717, 1.165) is 5.56 Å². The predicted molar refractivity (Wildman–Crippen MR) is 58.4 cm³/mol. The number of aromatic nitrogens is 2. The molecule has 0 aliphatic rings. The Balaban J connectivity index is 2.69. The predicted octanol–water partition coefficient (Wildman–Crippen LogP) is 1.16. The maximum Gasteiger partial charge on any atom is 0.308 e. The van der Waals surface area contributed by atoms with Gasteiger partial charge in [-0.25, -0.2) is 4.98 Å². The van der Waals surface area contributed by atoms with Crippen molar-refractivity contribution in [3.05, 3.63) is 34.4 Å². The molecule has 0 aliphatic carbocycles. The highest BCUT2D eigenvalue weighted by Gasteiger charge is 2.07. The third-order valence-electron chi connectivity index (χ3n) is 2.19. The summed E-state index contributed by atoms with van der Waals surface area (Å²) in [6.07, 6.45) is 1.34. The van der Waals surface area contributed by atoms with Gasteiger partial charge in [0.05, 0.1) is 17.2 Å². The van der Waals surface area contributed by atoms with E-state index < -0.39 is 5.97 Å². The van der Waals surface area contributed by atoms with Gasteiger partial charge in [-0.3, -0.25) is 9.59 Å². The molecule has 0 bridgehead atoms. The van der Waals surface area contributed by atoms with E-state index in [4.69, 9.17) is 4.74 Å². The number of fused-ring (bicyclic) bond motifs is 1. The summed E-state index contributed by atoms with van der Waals surface area (Å²) in [6, 6.07) is 3.24. The molecule has 5 nitrogen and oxygen atoms in total. The van der Waals surface area contributed by atoms with Crippen molar-refractivity contribution in [3.63, 3.8) is 0 Å². The van der Waals surface area contributed by atoms with Gasteiger partial charge in [-0.05, 0) is 24.6 Å². The molecule has 1 aromatic carbocycles. The van der Waals surface area contributed by atoms with Gasteiger partial charge < -0.3 is 9.72 Å². The van der Waals surface area contributed by atoms with Crippen molar-refractivity contribution in [2.45, 2.75) is 13.8 Å². The largest absolute Gasteiger partial charge is 0.426 e. The molecule has 0 radical (unpaired) electrons. The van der Waals surface area contributed by atoms with E-state index in [1.165, 1.54) is 19.3 Å². The Labute approximate surface area is 91.1 Å². The van der Waals surface area contributed by atoms with Gasteiger partial charge in [0.2, 0.25) is 0 Å². The highest BCUT2D eigenvalue weighted by atomic mass is 16.5. The van der Waals surface area contributed by atoms with Crippen molar-refractivity contribution in [3.8, 4) is 5.75 Å². The highest BCUT2D eigenvalue weighted by Crippen LogP contribution is 2.22. The van der Waals surface area contributed by atoms with Gasteiger partial charge >= 0.3 is 5.97 Å². The fourth-order valence-corrected chi connectivity index (χ4v) is 1.46. The number of nitrogens with zero attached hydrogens (tertiary/aromatic N) is 1. The van der Waals surface area contributed by atoms with Gasteiger partial charge in [0.15, 0.2) is 0 Å². The number of aryl methyl sites for hydroxylation is 1. The Kier molecular flexibility index (Phi) is 2.44. The molecule has 0 saturated heterocycles. The normalized spacial score (nSPS) is 10.4. The first-order valence-corrected chi connectivity index (χ1v) is 4.74. The molecule has 0 atom stereocenters. The Bertz CT molecular complexity index is 616. The van der Waals surface area contributed by atoms with Crippen LogP contribution in [0.1, 0.15) is 12.5 Å². The van der Waals surface area contributed by atoms with Crippen LogP contribution >= 0.6 is 0 Å². The van der Waals surface area contributed by atoms with Gasteiger partial charge in [0.25, 0.3) is 5.56 Å². The fraction of sp³-hybridized carbons (Fsp3) is 0.182. The molecule has 1 aromatic heterocycles. The molecule has 0 unspecified atom stereocenters. The van der Waals surface area contributed by atoms with Crippen molar-refractivity contribution < 1.29 is 9.53 Å². The second-order valence-corrected chi connectivity index (χ2v) is 3.46. The fourth-order valence-electron chi connectivity index (χ4n) is 1.46. The first kappa shape index (κ1) is 10.4. The minimum atomic E-state index is -0.414. The summed E-state index contributed by atoms with van der Waals surface area (Å²) in [5, 5.41) is 0.407. The van der Waals surface area contributed by atoms with E-state index in [-0.39, 0.29) is 5.56 Å². The van der Waals surface area contributed by atoms with Crippen LogP contribution in [0.2, 0.25) is 0 Å². The number of ether oxygens (including phenoxy) is 1. The number of aromatic amines is 1. The zero-order valence-electron chi connectivity index (χ0n) is 8.90. The Morgan fingerprint density at radius 1 is 1.44 bits per heavy atom. The van der Waals surface area contributed by atoms with Crippen molar-refractivity contribution in [2.24, 2.45) is 0 Å². The van der Waals surface area contributed by atoms with E-state index in [1.807, 2.05) is 0 Å². The van der Waals surface area contributed by atoms with E-state index >= 15 is 0 Å². The van der Waals surface area contributed by atoms with Crippen molar-refractivity contribution >= 4 is 16.9 Å². The molecule has 0 aliphatic heterocycles. The maximum atomic E-state index is 11.5. The number of nitrogens with one attached hydrogen (secondary N) is 1. The number of esters is 1. The average Bonchev–Trinajstić information content (AvgIpc) is 2.20. The molecule has 2 rings (SSSR count). The number of carbonyl (C=O) groups excluding carboxylic acids is 1. The molecule has 2 aromatic rings. The first-order valence-electron chi connectivity index (χ1n) is 4.74. The summed E-state index contributed by atoms with van der Waals surface area (Å²) in [5.41, 5.74) is 1.09. The summed E-state index contributed by atoms with van der Waals surface area (Å²) in [6.45, 7) is 3.11. The van der Waals surface area contributed by atoms with Crippen LogP contribution in [-0.2, 0) is 4.79 Å². The van der Waals surface area contributed by atoms with Crippen LogP contribution in [0.15, 0.2) is 23.3 Å². The van der Waals surface area contributed by atoms with Crippen LogP contribution in [0.3, 0.4) is 0 Å². The van der Waals surface area contributed by atoms with E-state index in [0.29, 0.717) is 16.7 Å². The van der Waals surface area contributed by atoms with Gasteiger partial charge in [-0.2, -0.15) is 0 Å². The number of rotatable bonds is 1. The molecule has 1 heterocycles. The lowest BCUT2D eigenvalue weighted by molar-refractivity contribution is -0.131. The van der Waals surface area contributed by atoms with Gasteiger partial charge in [-0.1, -0.05) is 0 Å². The van der Waals surface area contributed by atoms with Crippen LogP contribution in [-0.4, -0.2) is 15.9 Å². The van der Waals surface area contributed by atoms with Crippen LogP contribution in [0.4, 0.5) is 0 Å². The summed E-state index contributed by atoms with van der Waals surface area (Å²) in [7, 11) is 0. The molecule has 0 fully saturated rings. The van der Waals surface area contributed by atoms with Crippen LogP contribution in [0.25, 0.3) is 10.9 Å². The second kappa shape index (κ2) is 3.77. The molecule has 5 heteroatoms. The number of carbonyl (C=O) groups is 1. The SMILES string of the molecule is CC(=O)Oc1cc2c(=O)[nH]cnc2cc1C. The Morgan fingerprint density at radius 3 is 2.88 bits per heavy atom. The minimum Gasteiger partial charge on any atom is -0.426 e. The smallest absolute Gasteiger partial charge is 0.308 e. The molecule has 16 heavy (non-hydrogen) atoms. The van der Waals surface area contributed by atoms with Gasteiger partial charge in [0.1, 0.15) is 5.75 Å². The second-order valence-electron chi connectivity index (χ2n) is 3.46. The molecule has 0 saturated carbocycles. The molecular weight excluding hydrogens is 208 g/mol. The maximum absolute atomic E-state index is 11.5. The molecule has 0 amide bonds. The topological polar surface area (TPSA) is 72.1 Å². The number of benzene rings is 1. The quantitative estimate of drug-likeness (QED) is 0.575. The lowest BCUT2D eigenvalue weighted by atomic mass is 10.1. The third kappa shape index (κ3) is 1.79. The van der Waals surface area contributed by atoms with Gasteiger partial charge in [-0.15, -0.1) is 0 Å². The van der Waals surface area contributed by atoms with Crippen molar-refractivity contribution in [2.75, 3.05) is 0 Å². The molecule has 1 N–H and O–H groups in total. The van der Waals surface area contributed by atoms with Crippen LogP contribution < -0.4 is 10.3 Å². The monoisotopic (exact) mass is 218 g/mol. The summed E-state index contributed by atoms with van der Waals surface area (Å²) < 4.78 is 4.99. The zero-order chi connectivity index (χ0) is 11.7. The van der Waals surface area contributed by atoms with Crippen molar-refractivity contribution in [1.82, 2.24) is 9.97 Å². The number of hydrogen-bond donors (Lipinski definition) is 1. The first-order chi connectivity index (χ1) is 7.58. The van der Waals surface area contributed by atoms with E-state index in [2.05, 4.69) is 9.97 Å². The summed E-state index contributed by atoms with van der Waals surface area (Å²) in [5.74, 6) is -0.0266. The van der Waals surface area contributed by atoms with Gasteiger partial charge in [0, 0.05) is 6.92 Å². The molecular formula is C11H10N2O3. The van der Waals surface area contributed by atoms with Crippen LogP contribution in [0.5, 0.6) is 5.75 Å². The number of hydrogen-bond acceptors (Lipinski definition) is 4. The highest BCUT2D eigenvalue weighted by molar-refractivity contribution is 5.81. The molecule has 82 valence electrons. The Hall–Kier alpha value is -2.17. The number of H-pyrrole nitrogens is 1. The zero-order valence-corrected chi connectivity index (χ0v) is 8.90. The van der Waals surface area contributed by atoms with E-state index in [9.17, 15) is 9.59 Å². The third-order valence-corrected chi connectivity index (χ3v) is 2.19. The lowest BCUT2D eigenvalue weighted by Crippen LogP contribution is -2.08. The molecule has 0 spiro atoms. The van der Waals surface area contributed by atoms with E-state index in [1.54, 1.807) is 13.0 Å². The van der Waals surface area contributed by atoms with Crippen LogP contribution in [0, 0.1) is 6.92 Å². The summed E-state index contributed by atoms with van der Waals surface area (Å²) in [4.78, 5) is 28.8. The standard InChI is InChI=1S/C11H10N2O3/c1-6-3-9-8(11(15)13-5-12-9)4-10(6)16-7(2)14/h3-5H,1-2H3,(H,12,13,15). The van der Waals surface area contributed by atoms with Crippen molar-refractivity contribution in [1.29, 1.82) is 0 Å². The minimum absolute atomic E-state index is 0.251. The average molecular weight is 218 g/mol. The Morgan fingerprint density at radius 2 is 2.19 bits per heavy atom. The lowest BCUT2D eigenvalue weighted by Gasteiger charge is -2.06.